The van der Waals surface area contributed by atoms with Gasteiger partial charge >= 0.3 is 0 Å². The Kier molecular flexibility index (Phi) is 5.31. The van der Waals surface area contributed by atoms with Gasteiger partial charge in [0.05, 0.1) is 11.2 Å². The largest absolute Gasteiger partial charge is 0.351 e. The zero-order valence-electron chi connectivity index (χ0n) is 17.4. The molecule has 0 spiro atoms. The lowest BCUT2D eigenvalue weighted by Gasteiger charge is -2.32. The molecule has 0 unspecified atom stereocenters. The summed E-state index contributed by atoms with van der Waals surface area (Å²) in [7, 11) is 0. The molecule has 28 heavy (non-hydrogen) atoms. The van der Waals surface area contributed by atoms with E-state index in [0.717, 1.165) is 55.0 Å². The molecule has 1 fully saturated rings. The molecule has 1 aromatic heterocycles. The number of aromatic nitrogens is 2. The lowest BCUT2D eigenvalue weighted by atomic mass is 10.0. The molecule has 4 nitrogen and oxygen atoms in total. The minimum Gasteiger partial charge on any atom is -0.351 e. The Hall–Kier alpha value is -2.46. The van der Waals surface area contributed by atoms with Crippen LogP contribution in [0.25, 0.3) is 10.9 Å². The lowest BCUT2D eigenvalue weighted by Crippen LogP contribution is -2.39. The van der Waals surface area contributed by atoms with Gasteiger partial charge in [-0.2, -0.15) is 0 Å². The summed E-state index contributed by atoms with van der Waals surface area (Å²) in [6, 6.07) is 13.7. The van der Waals surface area contributed by atoms with E-state index in [4.69, 9.17) is 9.97 Å². The normalized spacial score (nSPS) is 15.9. The van der Waals surface area contributed by atoms with Crippen molar-refractivity contribution >= 4 is 16.9 Å². The molecule has 1 saturated heterocycles. The molecular formula is C24H30N4. The SMILES string of the molecule is Cc1ccc(CN2CCC(Nc3nc(C)c4cc(C)c(C)cc4n3)CC2)cc1. The van der Waals surface area contributed by atoms with Crippen molar-refractivity contribution < 1.29 is 0 Å². The van der Waals surface area contributed by atoms with Crippen molar-refractivity contribution in [3.8, 4) is 0 Å². The monoisotopic (exact) mass is 374 g/mol. The van der Waals surface area contributed by atoms with Crippen molar-refractivity contribution in [1.29, 1.82) is 0 Å². The van der Waals surface area contributed by atoms with Gasteiger partial charge in [-0.1, -0.05) is 29.8 Å². The third-order valence-electron chi connectivity index (χ3n) is 5.95. The molecule has 0 atom stereocenters. The Morgan fingerprint density at radius 2 is 1.61 bits per heavy atom. The molecule has 3 aromatic rings. The van der Waals surface area contributed by atoms with Gasteiger partial charge in [0.25, 0.3) is 0 Å². The number of hydrogen-bond acceptors (Lipinski definition) is 4. The second-order valence-corrected chi connectivity index (χ2v) is 8.27. The van der Waals surface area contributed by atoms with Gasteiger partial charge in [0, 0.05) is 31.1 Å². The molecule has 0 radical (unpaired) electrons. The van der Waals surface area contributed by atoms with Gasteiger partial charge in [0.2, 0.25) is 5.95 Å². The summed E-state index contributed by atoms with van der Waals surface area (Å²) in [6.07, 6.45) is 2.25. The molecule has 1 N–H and O–H groups in total. The summed E-state index contributed by atoms with van der Waals surface area (Å²) >= 11 is 0. The summed E-state index contributed by atoms with van der Waals surface area (Å²) in [5, 5.41) is 4.75. The fourth-order valence-corrected chi connectivity index (χ4v) is 3.98. The maximum absolute atomic E-state index is 4.79. The van der Waals surface area contributed by atoms with Gasteiger partial charge < -0.3 is 5.32 Å². The van der Waals surface area contributed by atoms with Crippen molar-refractivity contribution in [3.05, 3.63) is 64.3 Å². The zero-order valence-corrected chi connectivity index (χ0v) is 17.4. The number of hydrogen-bond donors (Lipinski definition) is 1. The van der Waals surface area contributed by atoms with Crippen LogP contribution >= 0.6 is 0 Å². The Bertz CT molecular complexity index is 970. The van der Waals surface area contributed by atoms with Crippen LogP contribution in [0.5, 0.6) is 0 Å². The van der Waals surface area contributed by atoms with E-state index in [1.165, 1.54) is 22.3 Å². The summed E-state index contributed by atoms with van der Waals surface area (Å²) in [5.41, 5.74) is 7.38. The van der Waals surface area contributed by atoms with Crippen LogP contribution in [-0.4, -0.2) is 34.0 Å². The van der Waals surface area contributed by atoms with Gasteiger partial charge in [0.15, 0.2) is 0 Å². The van der Waals surface area contributed by atoms with Crippen LogP contribution in [-0.2, 0) is 6.54 Å². The number of fused-ring (bicyclic) bond motifs is 1. The van der Waals surface area contributed by atoms with Crippen LogP contribution in [0.15, 0.2) is 36.4 Å². The van der Waals surface area contributed by atoms with Crippen LogP contribution in [0.1, 0.15) is 40.8 Å². The first-order valence-electron chi connectivity index (χ1n) is 10.3. The highest BCUT2D eigenvalue weighted by Crippen LogP contribution is 2.23. The molecule has 1 aliphatic heterocycles. The Balaban J connectivity index is 1.39. The summed E-state index contributed by atoms with van der Waals surface area (Å²) in [6.45, 7) is 11.8. The number of piperidine rings is 1. The number of benzene rings is 2. The van der Waals surface area contributed by atoms with E-state index in [1.54, 1.807) is 0 Å². The molecule has 0 bridgehead atoms. The Morgan fingerprint density at radius 3 is 2.32 bits per heavy atom. The first-order chi connectivity index (χ1) is 13.5. The second kappa shape index (κ2) is 7.88. The number of likely N-dealkylation sites (tertiary alicyclic amines) is 1. The third-order valence-corrected chi connectivity index (χ3v) is 5.95. The average molecular weight is 375 g/mol. The molecule has 2 aromatic carbocycles. The van der Waals surface area contributed by atoms with Gasteiger partial charge in [-0.3, -0.25) is 4.90 Å². The standard InChI is InChI=1S/C24H30N4/c1-16-5-7-20(8-6-16)15-28-11-9-21(10-12-28)26-24-25-19(4)22-13-17(2)18(3)14-23(22)27-24/h5-8,13-14,21H,9-12,15H2,1-4H3,(H,25,26,27). The average Bonchev–Trinajstić information content (AvgIpc) is 2.67. The van der Waals surface area contributed by atoms with Crippen molar-refractivity contribution in [2.45, 2.75) is 53.1 Å². The van der Waals surface area contributed by atoms with Crippen molar-refractivity contribution in [2.24, 2.45) is 0 Å². The first-order valence-corrected chi connectivity index (χ1v) is 10.3. The predicted octanol–water partition coefficient (Wildman–Crippen LogP) is 4.94. The molecule has 0 amide bonds. The lowest BCUT2D eigenvalue weighted by molar-refractivity contribution is 0.211. The minimum atomic E-state index is 0.442. The first kappa shape index (κ1) is 18.9. The smallest absolute Gasteiger partial charge is 0.223 e. The van der Waals surface area contributed by atoms with E-state index in [1.807, 2.05) is 0 Å². The second-order valence-electron chi connectivity index (χ2n) is 8.27. The number of nitrogens with one attached hydrogen (secondary N) is 1. The predicted molar refractivity (Wildman–Crippen MR) is 117 cm³/mol. The van der Waals surface area contributed by atoms with E-state index in [0.29, 0.717) is 6.04 Å². The van der Waals surface area contributed by atoms with E-state index in [-0.39, 0.29) is 0 Å². The highest BCUT2D eigenvalue weighted by Gasteiger charge is 2.20. The van der Waals surface area contributed by atoms with Gasteiger partial charge in [-0.05, 0) is 69.4 Å². The minimum absolute atomic E-state index is 0.442. The third kappa shape index (κ3) is 4.17. The van der Waals surface area contributed by atoms with E-state index < -0.39 is 0 Å². The van der Waals surface area contributed by atoms with Gasteiger partial charge in [-0.15, -0.1) is 0 Å². The van der Waals surface area contributed by atoms with E-state index in [9.17, 15) is 0 Å². The van der Waals surface area contributed by atoms with Crippen LogP contribution < -0.4 is 5.32 Å². The van der Waals surface area contributed by atoms with Gasteiger partial charge in [-0.25, -0.2) is 9.97 Å². The molecule has 4 rings (SSSR count). The van der Waals surface area contributed by atoms with Crippen molar-refractivity contribution in [1.82, 2.24) is 14.9 Å². The molecule has 4 heteroatoms. The summed E-state index contributed by atoms with van der Waals surface area (Å²) in [5.74, 6) is 0.769. The highest BCUT2D eigenvalue weighted by atomic mass is 15.2. The maximum Gasteiger partial charge on any atom is 0.223 e. The van der Waals surface area contributed by atoms with Crippen LogP contribution in [0.2, 0.25) is 0 Å². The molecule has 1 aliphatic rings. The summed E-state index contributed by atoms with van der Waals surface area (Å²) < 4.78 is 0. The fourth-order valence-electron chi connectivity index (χ4n) is 3.98. The summed E-state index contributed by atoms with van der Waals surface area (Å²) in [4.78, 5) is 12.1. The van der Waals surface area contributed by atoms with Crippen LogP contribution in [0, 0.1) is 27.7 Å². The van der Waals surface area contributed by atoms with Crippen LogP contribution in [0.3, 0.4) is 0 Å². The molecule has 0 aliphatic carbocycles. The molecule has 146 valence electrons. The quantitative estimate of drug-likeness (QED) is 0.702. The molecular weight excluding hydrogens is 344 g/mol. The zero-order chi connectivity index (χ0) is 19.7. The van der Waals surface area contributed by atoms with Gasteiger partial charge in [0.1, 0.15) is 0 Å². The van der Waals surface area contributed by atoms with E-state index >= 15 is 0 Å². The Morgan fingerprint density at radius 1 is 0.929 bits per heavy atom. The van der Waals surface area contributed by atoms with Crippen LogP contribution in [0.4, 0.5) is 5.95 Å². The maximum atomic E-state index is 4.79. The topological polar surface area (TPSA) is 41.0 Å². The number of aryl methyl sites for hydroxylation is 4. The number of nitrogens with zero attached hydrogens (tertiary/aromatic N) is 3. The highest BCUT2D eigenvalue weighted by molar-refractivity contribution is 5.83. The molecule has 2 heterocycles. The van der Waals surface area contributed by atoms with E-state index in [2.05, 4.69) is 74.3 Å². The number of anilines is 1. The number of rotatable bonds is 4. The van der Waals surface area contributed by atoms with Crippen molar-refractivity contribution in [3.63, 3.8) is 0 Å². The fraction of sp³-hybridized carbons (Fsp3) is 0.417. The molecule has 0 saturated carbocycles. The van der Waals surface area contributed by atoms with Crippen molar-refractivity contribution in [2.75, 3.05) is 18.4 Å². The Labute approximate surface area is 168 Å².